The summed E-state index contributed by atoms with van der Waals surface area (Å²) in [5.41, 5.74) is 4.17. The van der Waals surface area contributed by atoms with Gasteiger partial charge in [0.2, 0.25) is 0 Å². The molecule has 0 unspecified atom stereocenters. The molecule has 0 bridgehead atoms. The van der Waals surface area contributed by atoms with Gasteiger partial charge >= 0.3 is 0 Å². The maximum atomic E-state index is 11.8. The average molecular weight is 153 g/mol. The normalized spacial score (nSPS) is 29.1. The third-order valence-corrected chi connectivity index (χ3v) is 3.31. The molecule has 0 spiro atoms. The largest absolute Gasteiger partial charge is 0.321 e. The van der Waals surface area contributed by atoms with E-state index >= 15 is 0 Å². The van der Waals surface area contributed by atoms with Crippen molar-refractivity contribution in [2.24, 2.45) is 5.73 Å². The summed E-state index contributed by atoms with van der Waals surface area (Å²) in [4.78, 5) is 0. The first-order valence-corrected chi connectivity index (χ1v) is 4.35. The third-order valence-electron chi connectivity index (χ3n) is 1.28. The van der Waals surface area contributed by atoms with Crippen LogP contribution >= 0.6 is 0 Å². The second-order valence-corrected chi connectivity index (χ2v) is 4.59. The van der Waals surface area contributed by atoms with Gasteiger partial charge in [-0.3, -0.25) is 0 Å². The van der Waals surface area contributed by atoms with Gasteiger partial charge in [-0.2, -0.15) is 0 Å². The maximum absolute atomic E-state index is 11.8. The maximum Gasteiger partial charge on any atom is 0.154 e. The average Bonchev–Trinajstić information content (AvgIpc) is 1.61. The lowest BCUT2D eigenvalue weighted by atomic mass is 10.1. The zero-order valence-corrected chi connectivity index (χ0v) is 5.62. The molecule has 1 saturated heterocycles. The monoisotopic (exact) mass is 153 g/mol. The minimum absolute atomic E-state index is 0.198. The van der Waals surface area contributed by atoms with Gasteiger partial charge < -0.3 is 5.73 Å². The molecule has 9 heavy (non-hydrogen) atoms. The van der Waals surface area contributed by atoms with Crippen LogP contribution in [0.15, 0.2) is 0 Å². The van der Waals surface area contributed by atoms with E-state index in [4.69, 9.17) is 5.73 Å². The van der Waals surface area contributed by atoms with Crippen LogP contribution in [0.2, 0.25) is 0 Å². The minimum atomic E-state index is -2.97. The van der Waals surface area contributed by atoms with Crippen molar-refractivity contribution < 1.29 is 12.8 Å². The van der Waals surface area contributed by atoms with Crippen molar-refractivity contribution in [2.45, 2.75) is 5.54 Å². The van der Waals surface area contributed by atoms with E-state index in [2.05, 4.69) is 0 Å². The van der Waals surface area contributed by atoms with Crippen molar-refractivity contribution in [3.05, 3.63) is 0 Å². The second kappa shape index (κ2) is 1.67. The standard InChI is InChI=1S/C4H8FNO2S/c5-1-4(6)2-9(7,8)3-4/h1-3,6H2. The predicted molar refractivity (Wildman–Crippen MR) is 31.5 cm³/mol. The van der Waals surface area contributed by atoms with E-state index in [9.17, 15) is 12.8 Å². The van der Waals surface area contributed by atoms with E-state index in [0.717, 1.165) is 0 Å². The van der Waals surface area contributed by atoms with E-state index in [0.29, 0.717) is 0 Å². The number of hydrogen-bond acceptors (Lipinski definition) is 3. The first kappa shape index (κ1) is 6.95. The van der Waals surface area contributed by atoms with Crippen molar-refractivity contribution in [3.8, 4) is 0 Å². The Hall–Kier alpha value is -0.160. The van der Waals surface area contributed by atoms with Crippen LogP contribution in [0.4, 0.5) is 4.39 Å². The molecule has 0 amide bonds. The fourth-order valence-corrected chi connectivity index (χ4v) is 2.73. The van der Waals surface area contributed by atoms with Crippen molar-refractivity contribution in [3.63, 3.8) is 0 Å². The molecule has 3 nitrogen and oxygen atoms in total. The fraction of sp³-hybridized carbons (Fsp3) is 1.00. The number of alkyl halides is 1. The van der Waals surface area contributed by atoms with Gasteiger partial charge in [0.15, 0.2) is 9.84 Å². The molecule has 5 heteroatoms. The summed E-state index contributed by atoms with van der Waals surface area (Å²) < 4.78 is 32.6. The number of sulfone groups is 1. The lowest BCUT2D eigenvalue weighted by molar-refractivity contribution is 0.333. The molecule has 54 valence electrons. The molecule has 1 rings (SSSR count). The molecule has 0 aliphatic carbocycles. The van der Waals surface area contributed by atoms with Gasteiger partial charge in [0, 0.05) is 0 Å². The van der Waals surface area contributed by atoms with E-state index < -0.39 is 22.1 Å². The smallest absolute Gasteiger partial charge is 0.154 e. The Morgan fingerprint density at radius 1 is 1.56 bits per heavy atom. The van der Waals surface area contributed by atoms with E-state index in [1.165, 1.54) is 0 Å². The molecule has 0 saturated carbocycles. The number of nitrogens with two attached hydrogens (primary N) is 1. The van der Waals surface area contributed by atoms with Crippen LogP contribution in [0.25, 0.3) is 0 Å². The Labute approximate surface area is 53.0 Å². The third kappa shape index (κ3) is 1.21. The van der Waals surface area contributed by atoms with Crippen molar-refractivity contribution >= 4 is 9.84 Å². The Kier molecular flexibility index (Phi) is 1.29. The molecule has 0 aromatic carbocycles. The summed E-state index contributed by atoms with van der Waals surface area (Å²) in [6, 6.07) is 0. The first-order chi connectivity index (χ1) is 3.97. The Bertz CT molecular complexity index is 199. The molecular formula is C4H8FNO2S. The Morgan fingerprint density at radius 3 is 2.11 bits per heavy atom. The van der Waals surface area contributed by atoms with Crippen molar-refractivity contribution in [2.75, 3.05) is 18.2 Å². The molecular weight excluding hydrogens is 145 g/mol. The van der Waals surface area contributed by atoms with Gasteiger partial charge in [0.1, 0.15) is 6.67 Å². The summed E-state index contributed by atoms with van der Waals surface area (Å²) in [5, 5.41) is 0. The lowest BCUT2D eigenvalue weighted by Gasteiger charge is -2.34. The molecule has 1 heterocycles. The quantitative estimate of drug-likeness (QED) is 0.530. The van der Waals surface area contributed by atoms with Gasteiger partial charge in [-0.15, -0.1) is 0 Å². The van der Waals surface area contributed by atoms with E-state index in [1.54, 1.807) is 0 Å². The van der Waals surface area contributed by atoms with Crippen LogP contribution < -0.4 is 5.73 Å². The fourth-order valence-electron chi connectivity index (χ4n) is 0.911. The Balaban J connectivity index is 2.61. The van der Waals surface area contributed by atoms with Crippen molar-refractivity contribution in [1.29, 1.82) is 0 Å². The van der Waals surface area contributed by atoms with E-state index in [-0.39, 0.29) is 11.5 Å². The SMILES string of the molecule is NC1(CF)CS(=O)(=O)C1. The number of hydrogen-bond donors (Lipinski definition) is 1. The van der Waals surface area contributed by atoms with Crippen LogP contribution in [-0.2, 0) is 9.84 Å². The van der Waals surface area contributed by atoms with Crippen LogP contribution in [0.5, 0.6) is 0 Å². The highest BCUT2D eigenvalue weighted by Crippen LogP contribution is 2.20. The van der Waals surface area contributed by atoms with Crippen LogP contribution in [0.1, 0.15) is 0 Å². The van der Waals surface area contributed by atoms with Crippen LogP contribution in [0, 0.1) is 0 Å². The highest BCUT2D eigenvalue weighted by atomic mass is 32.2. The molecule has 1 aliphatic heterocycles. The highest BCUT2D eigenvalue weighted by Gasteiger charge is 2.45. The predicted octanol–water partition coefficient (Wildman–Crippen LogP) is -0.918. The van der Waals surface area contributed by atoms with Gasteiger partial charge in [0.25, 0.3) is 0 Å². The molecule has 0 aromatic heterocycles. The molecule has 0 radical (unpaired) electrons. The lowest BCUT2D eigenvalue weighted by Crippen LogP contribution is -2.63. The molecule has 1 fully saturated rings. The minimum Gasteiger partial charge on any atom is -0.321 e. The topological polar surface area (TPSA) is 60.2 Å². The van der Waals surface area contributed by atoms with Gasteiger partial charge in [-0.1, -0.05) is 0 Å². The van der Waals surface area contributed by atoms with Gasteiger partial charge in [-0.25, -0.2) is 12.8 Å². The Morgan fingerprint density at radius 2 is 2.00 bits per heavy atom. The summed E-state index contributed by atoms with van der Waals surface area (Å²) in [7, 11) is -2.97. The summed E-state index contributed by atoms with van der Waals surface area (Å²) in [5.74, 6) is -0.396. The van der Waals surface area contributed by atoms with Gasteiger partial charge in [0.05, 0.1) is 17.0 Å². The van der Waals surface area contributed by atoms with Gasteiger partial charge in [-0.05, 0) is 0 Å². The number of halogens is 1. The number of rotatable bonds is 1. The highest BCUT2D eigenvalue weighted by molar-refractivity contribution is 7.93. The summed E-state index contributed by atoms with van der Waals surface area (Å²) in [6.07, 6.45) is 0. The molecule has 0 atom stereocenters. The molecule has 0 aromatic rings. The summed E-state index contributed by atoms with van der Waals surface area (Å²) in [6.45, 7) is -0.744. The van der Waals surface area contributed by atoms with Crippen LogP contribution in [-0.4, -0.2) is 32.1 Å². The van der Waals surface area contributed by atoms with E-state index in [1.807, 2.05) is 0 Å². The second-order valence-electron chi connectivity index (χ2n) is 2.53. The zero-order valence-electron chi connectivity index (χ0n) is 4.80. The van der Waals surface area contributed by atoms with Crippen LogP contribution in [0.3, 0.4) is 0 Å². The zero-order chi connectivity index (χ0) is 7.12. The molecule has 1 aliphatic rings. The van der Waals surface area contributed by atoms with Crippen molar-refractivity contribution in [1.82, 2.24) is 0 Å². The first-order valence-electron chi connectivity index (χ1n) is 2.53. The summed E-state index contributed by atoms with van der Waals surface area (Å²) >= 11 is 0. The molecule has 2 N–H and O–H groups in total.